The minimum atomic E-state index is -3.54. The second-order valence-corrected chi connectivity index (χ2v) is 11.6. The third kappa shape index (κ3) is 4.79. The van der Waals surface area contributed by atoms with Crippen molar-refractivity contribution < 1.29 is 22.3 Å². The molecule has 1 saturated heterocycles. The molecule has 0 spiro atoms. The van der Waals surface area contributed by atoms with Crippen molar-refractivity contribution in [3.05, 3.63) is 29.3 Å². The number of H-pyrrole nitrogens is 1. The summed E-state index contributed by atoms with van der Waals surface area (Å²) < 4.78 is 46.3. The van der Waals surface area contributed by atoms with E-state index in [1.54, 1.807) is 19.1 Å². The summed E-state index contributed by atoms with van der Waals surface area (Å²) in [5, 5.41) is 0. The van der Waals surface area contributed by atoms with Gasteiger partial charge >= 0.3 is 5.97 Å². The summed E-state index contributed by atoms with van der Waals surface area (Å²) >= 11 is 0. The Morgan fingerprint density at radius 1 is 1.30 bits per heavy atom. The molecule has 0 radical (unpaired) electrons. The minimum absolute atomic E-state index is 0.0157. The smallest absolute Gasteiger partial charge is 0.310 e. The Balaban J connectivity index is 1.66. The molecule has 4 rings (SSSR count). The van der Waals surface area contributed by atoms with Crippen molar-refractivity contribution >= 4 is 27.0 Å². The van der Waals surface area contributed by atoms with E-state index in [2.05, 4.69) is 16.9 Å². The lowest BCUT2D eigenvalue weighted by atomic mass is 9.79. The molecule has 2 aromatic rings. The first-order chi connectivity index (χ1) is 15.6. The fourth-order valence-corrected chi connectivity index (χ4v) is 6.09. The first-order valence-electron chi connectivity index (χ1n) is 11.7. The average molecular weight is 481 g/mol. The zero-order valence-corrected chi connectivity index (χ0v) is 20.2. The highest BCUT2D eigenvalue weighted by Gasteiger charge is 2.44. The molecule has 1 aliphatic carbocycles. The molecular weight excluding hydrogens is 447 g/mol. The van der Waals surface area contributed by atoms with Crippen molar-refractivity contribution in [1.29, 1.82) is 0 Å². The van der Waals surface area contributed by atoms with Crippen LogP contribution in [0.1, 0.15) is 62.9 Å². The van der Waals surface area contributed by atoms with Crippen LogP contribution in [-0.4, -0.2) is 54.6 Å². The van der Waals surface area contributed by atoms with Crippen LogP contribution < -0.4 is 5.73 Å². The largest absolute Gasteiger partial charge is 0.466 e. The van der Waals surface area contributed by atoms with Gasteiger partial charge in [0, 0.05) is 19.0 Å². The van der Waals surface area contributed by atoms with Crippen LogP contribution in [0.4, 0.5) is 4.39 Å². The van der Waals surface area contributed by atoms with E-state index >= 15 is 4.39 Å². The molecule has 2 fully saturated rings. The van der Waals surface area contributed by atoms with Crippen LogP contribution in [0.3, 0.4) is 0 Å². The van der Waals surface area contributed by atoms with Crippen LogP contribution in [0.5, 0.6) is 0 Å². The van der Waals surface area contributed by atoms with Gasteiger partial charge in [0.2, 0.25) is 10.0 Å². The molecule has 1 saturated carbocycles. The highest BCUT2D eigenvalue weighted by molar-refractivity contribution is 7.88. The molecular formula is C23H33FN4O4S. The van der Waals surface area contributed by atoms with Crippen LogP contribution in [0.25, 0.3) is 11.0 Å². The molecule has 0 amide bonds. The van der Waals surface area contributed by atoms with E-state index in [1.807, 2.05) is 0 Å². The maximum absolute atomic E-state index is 15.7. The summed E-state index contributed by atoms with van der Waals surface area (Å²) in [6, 6.07) is 3.04. The normalized spacial score (nSPS) is 27.7. The quantitative estimate of drug-likeness (QED) is 0.614. The number of ether oxygens (including phenoxy) is 1. The number of carbonyl (C=O) groups is 1. The van der Waals surface area contributed by atoms with Gasteiger partial charge in [-0.1, -0.05) is 25.8 Å². The van der Waals surface area contributed by atoms with E-state index in [1.165, 1.54) is 4.31 Å². The van der Waals surface area contributed by atoms with Gasteiger partial charge in [0.1, 0.15) is 11.3 Å². The number of esters is 1. The second kappa shape index (κ2) is 9.31. The third-order valence-electron chi connectivity index (χ3n) is 7.27. The molecule has 1 aromatic heterocycles. The number of benzene rings is 1. The molecule has 182 valence electrons. The fraction of sp³-hybridized carbons (Fsp3) is 0.652. The average Bonchev–Trinajstić information content (AvgIpc) is 3.39. The molecule has 8 nitrogen and oxygen atoms in total. The summed E-state index contributed by atoms with van der Waals surface area (Å²) in [6.07, 6.45) is 5.40. The molecule has 3 N–H and O–H groups in total. The van der Waals surface area contributed by atoms with Gasteiger partial charge in [0.05, 0.1) is 30.3 Å². The Morgan fingerprint density at radius 2 is 2.00 bits per heavy atom. The summed E-state index contributed by atoms with van der Waals surface area (Å²) in [7, 11) is -3.54. The van der Waals surface area contributed by atoms with E-state index in [0.717, 1.165) is 31.9 Å². The van der Waals surface area contributed by atoms with Crippen molar-refractivity contribution in [2.24, 2.45) is 23.5 Å². The maximum Gasteiger partial charge on any atom is 0.310 e. The maximum atomic E-state index is 15.7. The van der Waals surface area contributed by atoms with Crippen LogP contribution in [0, 0.1) is 23.6 Å². The molecule has 0 bridgehead atoms. The third-order valence-corrected chi connectivity index (χ3v) is 8.51. The SMILES string of the molecule is CCOC(=O)C1CN(S(C)(=O)=O)CC1c1ccc2[nH]c(C(N)C3CCC(C)CC3)nc2c1F. The van der Waals surface area contributed by atoms with E-state index in [-0.39, 0.29) is 36.8 Å². The number of halogens is 1. The zero-order valence-electron chi connectivity index (χ0n) is 19.4. The highest BCUT2D eigenvalue weighted by atomic mass is 32.2. The van der Waals surface area contributed by atoms with Crippen LogP contribution in [0.2, 0.25) is 0 Å². The van der Waals surface area contributed by atoms with E-state index in [9.17, 15) is 13.2 Å². The number of aromatic amines is 1. The number of nitrogens with zero attached hydrogens (tertiary/aromatic N) is 2. The van der Waals surface area contributed by atoms with Crippen molar-refractivity contribution in [2.45, 2.75) is 51.5 Å². The van der Waals surface area contributed by atoms with Gasteiger partial charge < -0.3 is 15.5 Å². The number of hydrogen-bond donors (Lipinski definition) is 2. The zero-order chi connectivity index (χ0) is 23.9. The standard InChI is InChI=1S/C23H33FN4O4S/c1-4-32-23(29)17-12-28(33(3,30)31)11-16(17)15-9-10-18-21(19(15)24)27-22(26-18)20(25)14-7-5-13(2)6-8-14/h9-10,13-14,16-17,20H,4-8,11-12,25H2,1-3H3,(H,26,27). The number of fused-ring (bicyclic) bond motifs is 1. The predicted molar refractivity (Wildman–Crippen MR) is 123 cm³/mol. The van der Waals surface area contributed by atoms with Crippen molar-refractivity contribution in [1.82, 2.24) is 14.3 Å². The topological polar surface area (TPSA) is 118 Å². The first-order valence-corrected chi connectivity index (χ1v) is 13.5. The molecule has 1 aliphatic heterocycles. The minimum Gasteiger partial charge on any atom is -0.466 e. The number of rotatable bonds is 6. The van der Waals surface area contributed by atoms with Gasteiger partial charge in [0.25, 0.3) is 0 Å². The Bertz CT molecular complexity index is 1130. The lowest BCUT2D eigenvalue weighted by Crippen LogP contribution is -2.29. The Morgan fingerprint density at radius 3 is 2.64 bits per heavy atom. The number of hydrogen-bond acceptors (Lipinski definition) is 6. The molecule has 3 unspecified atom stereocenters. The van der Waals surface area contributed by atoms with Gasteiger partial charge in [-0.05, 0) is 43.2 Å². The Labute approximate surface area is 194 Å². The first kappa shape index (κ1) is 24.1. The Kier molecular flexibility index (Phi) is 6.80. The summed E-state index contributed by atoms with van der Waals surface area (Å²) in [6.45, 7) is 4.09. The van der Waals surface area contributed by atoms with E-state index in [0.29, 0.717) is 23.2 Å². The number of nitrogens with two attached hydrogens (primary N) is 1. The van der Waals surface area contributed by atoms with Crippen molar-refractivity contribution in [3.63, 3.8) is 0 Å². The van der Waals surface area contributed by atoms with Crippen LogP contribution >= 0.6 is 0 Å². The van der Waals surface area contributed by atoms with Gasteiger partial charge in [0.15, 0.2) is 5.82 Å². The number of imidazole rings is 1. The molecule has 2 heterocycles. The molecule has 2 aliphatic rings. The monoisotopic (exact) mass is 480 g/mol. The lowest BCUT2D eigenvalue weighted by molar-refractivity contribution is -0.147. The molecule has 33 heavy (non-hydrogen) atoms. The highest BCUT2D eigenvalue weighted by Crippen LogP contribution is 2.39. The van der Waals surface area contributed by atoms with Gasteiger partial charge in [-0.2, -0.15) is 0 Å². The summed E-state index contributed by atoms with van der Waals surface area (Å²) in [5.74, 6) is -0.941. The van der Waals surface area contributed by atoms with Gasteiger partial charge in [-0.15, -0.1) is 0 Å². The predicted octanol–water partition coefficient (Wildman–Crippen LogP) is 3.07. The van der Waals surface area contributed by atoms with E-state index < -0.39 is 33.6 Å². The number of nitrogens with one attached hydrogen (secondary N) is 1. The molecule has 10 heteroatoms. The van der Waals surface area contributed by atoms with E-state index in [4.69, 9.17) is 10.5 Å². The number of sulfonamides is 1. The number of carbonyl (C=O) groups excluding carboxylic acids is 1. The number of aromatic nitrogens is 2. The van der Waals surface area contributed by atoms with Crippen LogP contribution in [0.15, 0.2) is 12.1 Å². The summed E-state index contributed by atoms with van der Waals surface area (Å²) in [5.41, 5.74) is 7.48. The Hall–Kier alpha value is -2.04. The van der Waals surface area contributed by atoms with Gasteiger partial charge in [-0.25, -0.2) is 22.1 Å². The second-order valence-electron chi connectivity index (χ2n) is 9.58. The molecule has 1 aromatic carbocycles. The summed E-state index contributed by atoms with van der Waals surface area (Å²) in [4.78, 5) is 20.2. The molecule has 3 atom stereocenters. The fourth-order valence-electron chi connectivity index (χ4n) is 5.23. The van der Waals surface area contributed by atoms with Crippen LogP contribution in [-0.2, 0) is 19.6 Å². The lowest BCUT2D eigenvalue weighted by Gasteiger charge is -2.29. The van der Waals surface area contributed by atoms with Gasteiger partial charge in [-0.3, -0.25) is 4.79 Å². The van der Waals surface area contributed by atoms with Crippen molar-refractivity contribution in [2.75, 3.05) is 26.0 Å². The van der Waals surface area contributed by atoms with Crippen molar-refractivity contribution in [3.8, 4) is 0 Å².